The SMILES string of the molecule is Cc1cc(C(=O)N(CC#N)CC#N)ccc1/C=C/C(=O)O. The van der Waals surface area contributed by atoms with Crippen molar-refractivity contribution >= 4 is 18.0 Å². The molecule has 0 bridgehead atoms. The van der Waals surface area contributed by atoms with Gasteiger partial charge in [-0.15, -0.1) is 0 Å². The molecule has 0 saturated carbocycles. The van der Waals surface area contributed by atoms with Crippen LogP contribution in [0.5, 0.6) is 0 Å². The molecule has 0 fully saturated rings. The monoisotopic (exact) mass is 283 g/mol. The average Bonchev–Trinajstić information content (AvgIpc) is 2.44. The molecular formula is C15H13N3O3. The number of amides is 1. The Hall–Kier alpha value is -3.12. The fraction of sp³-hybridized carbons (Fsp3) is 0.200. The van der Waals surface area contributed by atoms with Crippen molar-refractivity contribution in [2.45, 2.75) is 6.92 Å². The quantitative estimate of drug-likeness (QED) is 0.652. The number of hydrogen-bond acceptors (Lipinski definition) is 4. The van der Waals surface area contributed by atoms with Crippen molar-refractivity contribution in [1.82, 2.24) is 4.90 Å². The third-order valence-electron chi connectivity index (χ3n) is 2.73. The normalized spacial score (nSPS) is 9.86. The standard InChI is InChI=1S/C15H13N3O3/c1-11-10-13(3-2-12(11)4-5-14(19)20)15(21)18(8-6-16)9-7-17/h2-5,10H,8-9H2,1H3,(H,19,20)/b5-4+. The second-order valence-corrected chi connectivity index (χ2v) is 4.22. The van der Waals surface area contributed by atoms with Crippen molar-refractivity contribution in [3.63, 3.8) is 0 Å². The Morgan fingerprint density at radius 1 is 1.29 bits per heavy atom. The zero-order valence-corrected chi connectivity index (χ0v) is 11.4. The maximum absolute atomic E-state index is 12.2. The van der Waals surface area contributed by atoms with Crippen LogP contribution in [0.25, 0.3) is 6.08 Å². The third-order valence-corrected chi connectivity index (χ3v) is 2.73. The average molecular weight is 283 g/mol. The minimum atomic E-state index is -1.05. The van der Waals surface area contributed by atoms with Crippen LogP contribution in [0.3, 0.4) is 0 Å². The van der Waals surface area contributed by atoms with Crippen LogP contribution in [0.2, 0.25) is 0 Å². The molecule has 0 atom stereocenters. The summed E-state index contributed by atoms with van der Waals surface area (Å²) in [7, 11) is 0. The van der Waals surface area contributed by atoms with Gasteiger partial charge in [-0.1, -0.05) is 6.07 Å². The van der Waals surface area contributed by atoms with Crippen LogP contribution in [-0.4, -0.2) is 35.0 Å². The summed E-state index contributed by atoms with van der Waals surface area (Å²) in [4.78, 5) is 23.8. The number of carboxylic acid groups (broad SMARTS) is 1. The molecule has 1 amide bonds. The number of carbonyl (C=O) groups excluding carboxylic acids is 1. The summed E-state index contributed by atoms with van der Waals surface area (Å²) in [6.07, 6.45) is 2.45. The predicted octanol–water partition coefficient (Wildman–Crippen LogP) is 1.58. The van der Waals surface area contributed by atoms with Gasteiger partial charge in [-0.3, -0.25) is 4.79 Å². The van der Waals surface area contributed by atoms with Gasteiger partial charge in [0.05, 0.1) is 12.1 Å². The van der Waals surface area contributed by atoms with E-state index in [4.69, 9.17) is 15.6 Å². The van der Waals surface area contributed by atoms with Crippen LogP contribution >= 0.6 is 0 Å². The number of carboxylic acids is 1. The van der Waals surface area contributed by atoms with E-state index in [2.05, 4.69) is 0 Å². The Bertz CT molecular complexity index is 650. The van der Waals surface area contributed by atoms with Gasteiger partial charge >= 0.3 is 5.97 Å². The Balaban J connectivity index is 3.03. The number of nitriles is 2. The number of hydrogen-bond donors (Lipinski definition) is 1. The first-order valence-electron chi connectivity index (χ1n) is 6.04. The summed E-state index contributed by atoms with van der Waals surface area (Å²) in [5.41, 5.74) is 1.76. The number of rotatable bonds is 5. The van der Waals surface area contributed by atoms with E-state index in [1.165, 1.54) is 6.08 Å². The molecule has 0 aliphatic rings. The highest BCUT2D eigenvalue weighted by Crippen LogP contribution is 2.14. The van der Waals surface area contributed by atoms with Gasteiger partial charge in [-0.25, -0.2) is 4.79 Å². The summed E-state index contributed by atoms with van der Waals surface area (Å²) in [5.74, 6) is -1.46. The van der Waals surface area contributed by atoms with Crippen molar-refractivity contribution in [3.8, 4) is 12.1 Å². The minimum absolute atomic E-state index is 0.161. The van der Waals surface area contributed by atoms with Crippen molar-refractivity contribution in [2.24, 2.45) is 0 Å². The lowest BCUT2D eigenvalue weighted by Crippen LogP contribution is -2.31. The molecule has 1 aromatic carbocycles. The number of carbonyl (C=O) groups is 2. The van der Waals surface area contributed by atoms with E-state index in [9.17, 15) is 9.59 Å². The number of nitrogens with zero attached hydrogens (tertiary/aromatic N) is 3. The highest BCUT2D eigenvalue weighted by molar-refractivity contribution is 5.95. The molecule has 0 heterocycles. The van der Waals surface area contributed by atoms with E-state index in [1.54, 1.807) is 25.1 Å². The van der Waals surface area contributed by atoms with Gasteiger partial charge in [-0.05, 0) is 36.3 Å². The van der Waals surface area contributed by atoms with Gasteiger partial charge < -0.3 is 10.0 Å². The van der Waals surface area contributed by atoms with E-state index in [1.807, 2.05) is 12.1 Å². The van der Waals surface area contributed by atoms with Crippen LogP contribution in [0, 0.1) is 29.6 Å². The minimum Gasteiger partial charge on any atom is -0.478 e. The highest BCUT2D eigenvalue weighted by atomic mass is 16.4. The third kappa shape index (κ3) is 4.48. The smallest absolute Gasteiger partial charge is 0.328 e. The zero-order valence-electron chi connectivity index (χ0n) is 11.4. The van der Waals surface area contributed by atoms with E-state index in [-0.39, 0.29) is 13.1 Å². The van der Waals surface area contributed by atoms with E-state index < -0.39 is 11.9 Å². The molecule has 21 heavy (non-hydrogen) atoms. The molecule has 1 aromatic rings. The Morgan fingerprint density at radius 3 is 2.38 bits per heavy atom. The molecule has 1 N–H and O–H groups in total. The van der Waals surface area contributed by atoms with Gasteiger partial charge in [0, 0.05) is 11.6 Å². The van der Waals surface area contributed by atoms with Crippen LogP contribution in [0.15, 0.2) is 24.3 Å². The molecule has 0 radical (unpaired) electrons. The van der Waals surface area contributed by atoms with Crippen LogP contribution in [-0.2, 0) is 4.79 Å². The zero-order chi connectivity index (χ0) is 15.8. The molecule has 0 saturated heterocycles. The maximum atomic E-state index is 12.2. The van der Waals surface area contributed by atoms with Gasteiger partial charge in [0.2, 0.25) is 0 Å². The summed E-state index contributed by atoms with van der Waals surface area (Å²) >= 11 is 0. The lowest BCUT2D eigenvalue weighted by Gasteiger charge is -2.16. The van der Waals surface area contributed by atoms with Crippen molar-refractivity contribution in [1.29, 1.82) is 10.5 Å². The Labute approximate surface area is 122 Å². The highest BCUT2D eigenvalue weighted by Gasteiger charge is 2.15. The van der Waals surface area contributed by atoms with Gasteiger partial charge in [-0.2, -0.15) is 10.5 Å². The van der Waals surface area contributed by atoms with Crippen LogP contribution < -0.4 is 0 Å². The summed E-state index contributed by atoms with van der Waals surface area (Å²) in [5, 5.41) is 25.9. The molecule has 0 aromatic heterocycles. The predicted molar refractivity (Wildman–Crippen MR) is 75.0 cm³/mol. The van der Waals surface area contributed by atoms with E-state index in [0.717, 1.165) is 16.5 Å². The fourth-order valence-corrected chi connectivity index (χ4v) is 1.71. The molecule has 1 rings (SSSR count). The second kappa shape index (κ2) is 7.46. The Morgan fingerprint density at radius 2 is 1.90 bits per heavy atom. The molecule has 6 nitrogen and oxygen atoms in total. The summed E-state index contributed by atoms with van der Waals surface area (Å²) < 4.78 is 0. The molecule has 0 spiro atoms. The van der Waals surface area contributed by atoms with Crippen LogP contribution in [0.1, 0.15) is 21.5 Å². The largest absolute Gasteiger partial charge is 0.478 e. The topological polar surface area (TPSA) is 105 Å². The van der Waals surface area contributed by atoms with Crippen molar-refractivity contribution in [3.05, 3.63) is 41.0 Å². The van der Waals surface area contributed by atoms with Gasteiger partial charge in [0.1, 0.15) is 13.1 Å². The Kier molecular flexibility index (Phi) is 5.66. The first-order chi connectivity index (χ1) is 9.99. The molecule has 6 heteroatoms. The molecule has 106 valence electrons. The van der Waals surface area contributed by atoms with Gasteiger partial charge in [0.15, 0.2) is 0 Å². The van der Waals surface area contributed by atoms with E-state index >= 15 is 0 Å². The first-order valence-corrected chi connectivity index (χ1v) is 6.04. The second-order valence-electron chi connectivity index (χ2n) is 4.22. The van der Waals surface area contributed by atoms with Crippen molar-refractivity contribution in [2.75, 3.05) is 13.1 Å². The van der Waals surface area contributed by atoms with Crippen molar-refractivity contribution < 1.29 is 14.7 Å². The molecule has 0 aliphatic heterocycles. The summed E-state index contributed by atoms with van der Waals surface area (Å²) in [6, 6.07) is 8.45. The lowest BCUT2D eigenvalue weighted by molar-refractivity contribution is -0.131. The molecule has 0 aliphatic carbocycles. The molecule has 0 unspecified atom stereocenters. The molecular weight excluding hydrogens is 270 g/mol. The maximum Gasteiger partial charge on any atom is 0.328 e. The number of aryl methyl sites for hydroxylation is 1. The number of aliphatic carboxylic acids is 1. The van der Waals surface area contributed by atoms with E-state index in [0.29, 0.717) is 11.1 Å². The van der Waals surface area contributed by atoms with Gasteiger partial charge in [0.25, 0.3) is 5.91 Å². The summed E-state index contributed by atoms with van der Waals surface area (Å²) in [6.45, 7) is 1.43. The van der Waals surface area contributed by atoms with Crippen LogP contribution in [0.4, 0.5) is 0 Å². The lowest BCUT2D eigenvalue weighted by atomic mass is 10.0. The fourth-order valence-electron chi connectivity index (χ4n) is 1.71. The first kappa shape index (κ1) is 15.9. The number of benzene rings is 1.